The molecule has 0 aliphatic carbocycles. The normalized spacial score (nSPS) is 22.0. The van der Waals surface area contributed by atoms with Gasteiger partial charge in [-0.2, -0.15) is 0 Å². The maximum absolute atomic E-state index is 12.1. The first-order valence-corrected chi connectivity index (χ1v) is 7.24. The largest absolute Gasteiger partial charge is 0.372 e. The van der Waals surface area contributed by atoms with Crippen LogP contribution in [0.5, 0.6) is 0 Å². The number of aryl methyl sites for hydroxylation is 1. The zero-order valence-corrected chi connectivity index (χ0v) is 12.8. The smallest absolute Gasteiger partial charge is 0.251 e. The van der Waals surface area contributed by atoms with Gasteiger partial charge in [-0.3, -0.25) is 9.59 Å². The summed E-state index contributed by atoms with van der Waals surface area (Å²) in [7, 11) is 0. The van der Waals surface area contributed by atoms with Crippen LogP contribution in [0.25, 0.3) is 0 Å². The second-order valence-electron chi connectivity index (χ2n) is 5.60. The van der Waals surface area contributed by atoms with Gasteiger partial charge in [0.1, 0.15) is 0 Å². The highest BCUT2D eigenvalue weighted by Crippen LogP contribution is 2.10. The molecule has 5 nitrogen and oxygen atoms in total. The highest BCUT2D eigenvalue weighted by Gasteiger charge is 2.25. The number of carbonyl (C=O) groups excluding carboxylic acids is 2. The van der Waals surface area contributed by atoms with Crippen molar-refractivity contribution >= 4 is 11.8 Å². The van der Waals surface area contributed by atoms with Crippen LogP contribution in [-0.4, -0.2) is 48.6 Å². The first-order chi connectivity index (χ1) is 9.95. The van der Waals surface area contributed by atoms with Crippen LogP contribution in [0.4, 0.5) is 0 Å². The van der Waals surface area contributed by atoms with Crippen LogP contribution in [0.2, 0.25) is 0 Å². The Morgan fingerprint density at radius 1 is 1.19 bits per heavy atom. The molecule has 5 heteroatoms. The van der Waals surface area contributed by atoms with Gasteiger partial charge < -0.3 is 15.0 Å². The Kier molecular flexibility index (Phi) is 4.96. The molecule has 1 aliphatic rings. The van der Waals surface area contributed by atoms with Gasteiger partial charge in [0.15, 0.2) is 0 Å². The van der Waals surface area contributed by atoms with Gasteiger partial charge in [-0.15, -0.1) is 0 Å². The zero-order chi connectivity index (χ0) is 15.4. The average Bonchev–Trinajstić information content (AvgIpc) is 2.44. The Balaban J connectivity index is 1.86. The van der Waals surface area contributed by atoms with Gasteiger partial charge in [0.25, 0.3) is 5.91 Å². The van der Waals surface area contributed by atoms with Crippen LogP contribution >= 0.6 is 0 Å². The van der Waals surface area contributed by atoms with Crippen LogP contribution in [0, 0.1) is 6.92 Å². The first kappa shape index (κ1) is 15.5. The molecule has 1 aromatic carbocycles. The molecule has 1 fully saturated rings. The Hall–Kier alpha value is -1.88. The number of morpholine rings is 1. The van der Waals surface area contributed by atoms with Crippen LogP contribution < -0.4 is 5.32 Å². The van der Waals surface area contributed by atoms with Crippen molar-refractivity contribution in [2.75, 3.05) is 19.6 Å². The molecule has 1 aliphatic heterocycles. The van der Waals surface area contributed by atoms with E-state index in [9.17, 15) is 9.59 Å². The Morgan fingerprint density at radius 2 is 1.76 bits per heavy atom. The van der Waals surface area contributed by atoms with Crippen molar-refractivity contribution in [2.24, 2.45) is 0 Å². The summed E-state index contributed by atoms with van der Waals surface area (Å²) in [6, 6.07) is 7.27. The summed E-state index contributed by atoms with van der Waals surface area (Å²) in [6.45, 7) is 7.02. The lowest BCUT2D eigenvalue weighted by atomic mass is 10.1. The van der Waals surface area contributed by atoms with Crippen LogP contribution in [0.1, 0.15) is 29.8 Å². The van der Waals surface area contributed by atoms with Crippen molar-refractivity contribution in [1.29, 1.82) is 0 Å². The summed E-state index contributed by atoms with van der Waals surface area (Å²) < 4.78 is 5.59. The lowest BCUT2D eigenvalue weighted by Crippen LogP contribution is -2.51. The highest BCUT2D eigenvalue weighted by atomic mass is 16.5. The lowest BCUT2D eigenvalue weighted by Gasteiger charge is -2.35. The standard InChI is InChI=1S/C16H22N2O3/c1-11-4-6-14(7-5-11)16(20)17-8-15(19)18-9-12(2)21-13(3)10-18/h4-7,12-13H,8-10H2,1-3H3,(H,17,20)/t12-,13-/m1/s1. The van der Waals surface area contributed by atoms with Crippen molar-refractivity contribution in [3.63, 3.8) is 0 Å². The summed E-state index contributed by atoms with van der Waals surface area (Å²) in [6.07, 6.45) is 0.0657. The molecule has 0 bridgehead atoms. The predicted octanol–water partition coefficient (Wildman–Crippen LogP) is 1.36. The minimum atomic E-state index is -0.224. The van der Waals surface area contributed by atoms with Crippen LogP contribution in [-0.2, 0) is 9.53 Å². The van der Waals surface area contributed by atoms with E-state index in [2.05, 4.69) is 5.32 Å². The van der Waals surface area contributed by atoms with Gasteiger partial charge in [0.2, 0.25) is 5.91 Å². The molecule has 0 spiro atoms. The number of nitrogens with one attached hydrogen (secondary N) is 1. The third-order valence-corrected chi connectivity index (χ3v) is 3.49. The summed E-state index contributed by atoms with van der Waals surface area (Å²) >= 11 is 0. The number of nitrogens with zero attached hydrogens (tertiary/aromatic N) is 1. The van der Waals surface area contributed by atoms with Gasteiger partial charge >= 0.3 is 0 Å². The van der Waals surface area contributed by atoms with E-state index in [-0.39, 0.29) is 30.6 Å². The minimum absolute atomic E-state index is 0.0200. The molecule has 1 aromatic rings. The quantitative estimate of drug-likeness (QED) is 0.914. The van der Waals surface area contributed by atoms with E-state index in [4.69, 9.17) is 4.74 Å². The molecule has 0 saturated carbocycles. The van der Waals surface area contributed by atoms with E-state index in [0.717, 1.165) is 5.56 Å². The SMILES string of the molecule is Cc1ccc(C(=O)NCC(=O)N2C[C@@H](C)O[C@H](C)C2)cc1. The van der Waals surface area contributed by atoms with Crippen LogP contribution in [0.3, 0.4) is 0 Å². The monoisotopic (exact) mass is 290 g/mol. The van der Waals surface area contributed by atoms with E-state index in [1.165, 1.54) is 0 Å². The third kappa shape index (κ3) is 4.29. The number of carbonyl (C=O) groups is 2. The van der Waals surface area contributed by atoms with Gasteiger partial charge in [-0.05, 0) is 32.9 Å². The van der Waals surface area contributed by atoms with Crippen molar-refractivity contribution in [1.82, 2.24) is 10.2 Å². The number of hydrogen-bond donors (Lipinski definition) is 1. The number of benzene rings is 1. The van der Waals surface area contributed by atoms with Crippen molar-refractivity contribution in [3.8, 4) is 0 Å². The summed E-state index contributed by atoms with van der Waals surface area (Å²) in [5, 5.41) is 2.67. The second kappa shape index (κ2) is 6.72. The third-order valence-electron chi connectivity index (χ3n) is 3.49. The molecule has 2 amide bonds. The second-order valence-corrected chi connectivity index (χ2v) is 5.60. The molecule has 0 radical (unpaired) electrons. The Bertz CT molecular complexity index is 503. The lowest BCUT2D eigenvalue weighted by molar-refractivity contribution is -0.142. The molecular formula is C16H22N2O3. The van der Waals surface area contributed by atoms with Crippen molar-refractivity contribution in [2.45, 2.75) is 33.0 Å². The van der Waals surface area contributed by atoms with E-state index in [1.54, 1.807) is 17.0 Å². The van der Waals surface area contributed by atoms with Gasteiger partial charge in [-0.25, -0.2) is 0 Å². The molecular weight excluding hydrogens is 268 g/mol. The number of ether oxygens (including phenoxy) is 1. The molecule has 0 unspecified atom stereocenters. The predicted molar refractivity (Wildman–Crippen MR) is 80.1 cm³/mol. The molecule has 114 valence electrons. The molecule has 2 atom stereocenters. The van der Waals surface area contributed by atoms with Gasteiger partial charge in [-0.1, -0.05) is 17.7 Å². The molecule has 1 saturated heterocycles. The minimum Gasteiger partial charge on any atom is -0.372 e. The van der Waals surface area contributed by atoms with Crippen LogP contribution in [0.15, 0.2) is 24.3 Å². The molecule has 0 aromatic heterocycles. The summed E-state index contributed by atoms with van der Waals surface area (Å²) in [4.78, 5) is 25.8. The average molecular weight is 290 g/mol. The fraction of sp³-hybridized carbons (Fsp3) is 0.500. The van der Waals surface area contributed by atoms with Crippen molar-refractivity contribution < 1.29 is 14.3 Å². The maximum atomic E-state index is 12.1. The topological polar surface area (TPSA) is 58.6 Å². The van der Waals surface area contributed by atoms with E-state index >= 15 is 0 Å². The van der Waals surface area contributed by atoms with E-state index < -0.39 is 0 Å². The Labute approximate surface area is 125 Å². The molecule has 21 heavy (non-hydrogen) atoms. The fourth-order valence-electron chi connectivity index (χ4n) is 2.46. The molecule has 2 rings (SSSR count). The number of rotatable bonds is 3. The van der Waals surface area contributed by atoms with Gasteiger partial charge in [0, 0.05) is 18.7 Å². The molecule has 1 N–H and O–H groups in total. The summed E-state index contributed by atoms with van der Waals surface area (Å²) in [5.74, 6) is -0.296. The highest BCUT2D eigenvalue weighted by molar-refractivity contribution is 5.96. The summed E-state index contributed by atoms with van der Waals surface area (Å²) in [5.41, 5.74) is 1.66. The fourth-order valence-corrected chi connectivity index (χ4v) is 2.46. The number of hydrogen-bond acceptors (Lipinski definition) is 3. The molecule has 1 heterocycles. The van der Waals surface area contributed by atoms with E-state index in [0.29, 0.717) is 18.7 Å². The zero-order valence-electron chi connectivity index (χ0n) is 12.8. The maximum Gasteiger partial charge on any atom is 0.251 e. The first-order valence-electron chi connectivity index (χ1n) is 7.24. The van der Waals surface area contributed by atoms with Gasteiger partial charge in [0.05, 0.1) is 18.8 Å². The Morgan fingerprint density at radius 3 is 2.33 bits per heavy atom. The van der Waals surface area contributed by atoms with Crippen molar-refractivity contribution in [3.05, 3.63) is 35.4 Å². The van der Waals surface area contributed by atoms with E-state index in [1.807, 2.05) is 32.9 Å². The number of amides is 2.